The summed E-state index contributed by atoms with van der Waals surface area (Å²) in [6.45, 7) is 0. The van der Waals surface area contributed by atoms with E-state index < -0.39 is 34.0 Å². The molecule has 6 aromatic rings. The summed E-state index contributed by atoms with van der Waals surface area (Å²) in [5.74, 6) is -3.80. The van der Waals surface area contributed by atoms with E-state index in [1.54, 1.807) is 42.5 Å². The summed E-state index contributed by atoms with van der Waals surface area (Å²) in [5, 5.41) is 28.2. The second-order valence-electron chi connectivity index (χ2n) is 10.9. The molecule has 0 fully saturated rings. The van der Waals surface area contributed by atoms with Crippen LogP contribution in [-0.2, 0) is 14.8 Å². The first kappa shape index (κ1) is 35.8. The number of nitrogen functional groups attached to an aromatic ring is 1. The second kappa shape index (κ2) is 14.2. The minimum atomic E-state index is -5.08. The fraction of sp³-hybridized carbons (Fsp3) is 0.0278. The highest BCUT2D eigenvalue weighted by Crippen LogP contribution is 2.40. The van der Waals surface area contributed by atoms with Gasteiger partial charge in [0.25, 0.3) is 10.0 Å². The highest BCUT2D eigenvalue weighted by atomic mass is 32.2. The molecule has 0 heterocycles. The first-order valence-electron chi connectivity index (χ1n) is 14.6. The van der Waals surface area contributed by atoms with Crippen molar-refractivity contribution in [1.29, 1.82) is 5.41 Å². The average Bonchev–Trinajstić information content (AvgIpc) is 3.08. The van der Waals surface area contributed by atoms with Gasteiger partial charge < -0.3 is 20.7 Å². The molecule has 0 aliphatic carbocycles. The maximum atomic E-state index is 13.4. The molecule has 0 spiro atoms. The number of benzene rings is 6. The molecule has 0 saturated carbocycles. The number of nitrogens with one attached hydrogen (secondary N) is 2. The van der Waals surface area contributed by atoms with E-state index >= 15 is 0 Å². The van der Waals surface area contributed by atoms with Crippen LogP contribution in [0.5, 0.6) is 11.5 Å². The van der Waals surface area contributed by atoms with Gasteiger partial charge in [0.05, 0.1) is 10.5 Å². The van der Waals surface area contributed by atoms with Gasteiger partial charge in [0.1, 0.15) is 23.2 Å². The predicted octanol–water partition coefficient (Wildman–Crippen LogP) is 8.01. The molecule has 10 nitrogen and oxygen atoms in total. The molecule has 0 aromatic heterocycles. The van der Waals surface area contributed by atoms with Gasteiger partial charge in [-0.15, -0.1) is 0 Å². The number of rotatable bonds is 8. The number of aliphatic carboxylic acids is 1. The number of amidine groups is 1. The Hall–Kier alpha value is -6.48. The number of aromatic carboxylic acids is 1. The van der Waals surface area contributed by atoms with E-state index in [0.29, 0.717) is 22.4 Å². The van der Waals surface area contributed by atoms with Gasteiger partial charge in [-0.1, -0.05) is 42.5 Å². The summed E-state index contributed by atoms with van der Waals surface area (Å²) in [5.41, 5.74) is 7.02. The normalized spacial score (nSPS) is 11.4. The van der Waals surface area contributed by atoms with Gasteiger partial charge in [0.15, 0.2) is 0 Å². The van der Waals surface area contributed by atoms with Crippen molar-refractivity contribution < 1.29 is 50.5 Å². The summed E-state index contributed by atoms with van der Waals surface area (Å²) in [4.78, 5) is 21.2. The summed E-state index contributed by atoms with van der Waals surface area (Å²) in [6, 6.07) is 30.3. The third-order valence-electron chi connectivity index (χ3n) is 7.36. The highest BCUT2D eigenvalue weighted by Gasteiger charge is 2.38. The Bertz CT molecular complexity index is 2440. The van der Waals surface area contributed by atoms with Crippen molar-refractivity contribution in [2.24, 2.45) is 5.73 Å². The zero-order valence-corrected chi connectivity index (χ0v) is 26.7. The van der Waals surface area contributed by atoms with Crippen LogP contribution in [0.3, 0.4) is 0 Å². The van der Waals surface area contributed by atoms with Crippen molar-refractivity contribution in [2.75, 3.05) is 4.72 Å². The van der Waals surface area contributed by atoms with Crippen LogP contribution in [0.15, 0.2) is 120 Å². The monoisotopic (exact) mass is 719 g/mol. The number of anilines is 1. The van der Waals surface area contributed by atoms with E-state index in [2.05, 4.69) is 4.72 Å². The molecule has 0 aliphatic rings. The van der Waals surface area contributed by atoms with E-state index in [1.807, 2.05) is 36.4 Å². The summed E-state index contributed by atoms with van der Waals surface area (Å²) >= 11 is 0. The van der Waals surface area contributed by atoms with Crippen molar-refractivity contribution in [1.82, 2.24) is 0 Å². The fourth-order valence-corrected chi connectivity index (χ4v) is 5.99. The number of alkyl halides is 3. The zero-order valence-electron chi connectivity index (χ0n) is 25.9. The molecule has 0 amide bonds. The maximum absolute atomic E-state index is 13.4. The van der Waals surface area contributed by atoms with E-state index in [9.17, 15) is 35.9 Å². The Labute approximate surface area is 286 Å². The number of carboxylic acid groups (broad SMARTS) is 2. The molecule has 6 N–H and O–H groups in total. The summed E-state index contributed by atoms with van der Waals surface area (Å²) in [7, 11) is -4.09. The lowest BCUT2D eigenvalue weighted by Gasteiger charge is -2.17. The van der Waals surface area contributed by atoms with E-state index in [-0.39, 0.29) is 27.7 Å². The van der Waals surface area contributed by atoms with Crippen LogP contribution < -0.4 is 15.2 Å². The third kappa shape index (κ3) is 8.40. The Morgan fingerprint density at radius 1 is 0.745 bits per heavy atom. The number of hydrogen-bond donors (Lipinski definition) is 5. The summed E-state index contributed by atoms with van der Waals surface area (Å²) in [6.07, 6.45) is -5.08. The molecule has 0 bridgehead atoms. The minimum Gasteiger partial charge on any atom is -0.478 e. The van der Waals surface area contributed by atoms with Crippen molar-refractivity contribution in [3.63, 3.8) is 0 Å². The van der Waals surface area contributed by atoms with Gasteiger partial charge in [-0.25, -0.2) is 22.4 Å². The predicted molar refractivity (Wildman–Crippen MR) is 182 cm³/mol. The quantitative estimate of drug-likeness (QED) is 0.0596. The van der Waals surface area contributed by atoms with E-state index in [1.165, 1.54) is 12.1 Å². The van der Waals surface area contributed by atoms with Gasteiger partial charge in [0, 0.05) is 22.4 Å². The number of halogens is 4. The molecule has 51 heavy (non-hydrogen) atoms. The van der Waals surface area contributed by atoms with Gasteiger partial charge in [-0.2, -0.15) is 13.2 Å². The van der Waals surface area contributed by atoms with Crippen molar-refractivity contribution >= 4 is 55.0 Å². The largest absolute Gasteiger partial charge is 0.490 e. The number of fused-ring (bicyclic) bond motifs is 2. The van der Waals surface area contributed by atoms with Crippen LogP contribution >= 0.6 is 0 Å². The van der Waals surface area contributed by atoms with Crippen molar-refractivity contribution in [3.8, 4) is 22.6 Å². The van der Waals surface area contributed by atoms with Gasteiger partial charge in [-0.3, -0.25) is 10.1 Å². The number of sulfonamides is 1. The standard InChI is InChI=1S/C34H24FN3O5S.C2HF3O2/c35-25-8-12-28(13-9-25)44(41,42)38-26-10-14-32(43-27-11-7-22-15-24(33(36)37)6-5-23(22)16-27)30(19-26)29-17-20-3-1-2-4-21(20)18-31(29)34(39)40;3-2(4,5)1(6)7/h1-19,38H,(H3,36,37)(H,39,40);(H,6,7). The van der Waals surface area contributed by atoms with Crippen molar-refractivity contribution in [2.45, 2.75) is 11.1 Å². The second-order valence-corrected chi connectivity index (χ2v) is 12.5. The van der Waals surface area contributed by atoms with E-state index in [4.69, 9.17) is 25.8 Å². The smallest absolute Gasteiger partial charge is 0.478 e. The lowest BCUT2D eigenvalue weighted by molar-refractivity contribution is -0.192. The number of hydrogen-bond acceptors (Lipinski definition) is 6. The SMILES string of the molecule is N=C(N)c1ccc2cc(Oc3ccc(NS(=O)(=O)c4ccc(F)cc4)cc3-c3cc4ccccc4cc3C(=O)O)ccc2c1.O=C(O)C(F)(F)F. The average molecular weight is 720 g/mol. The first-order valence-corrected chi connectivity index (χ1v) is 16.1. The van der Waals surface area contributed by atoms with Crippen LogP contribution in [0, 0.1) is 11.2 Å². The molecule has 15 heteroatoms. The molecule has 260 valence electrons. The molecule has 0 radical (unpaired) electrons. The Balaban J connectivity index is 0.000000654. The Morgan fingerprint density at radius 2 is 1.33 bits per heavy atom. The van der Waals surface area contributed by atoms with E-state index in [0.717, 1.165) is 45.8 Å². The number of carbonyl (C=O) groups is 2. The van der Waals surface area contributed by atoms with Gasteiger partial charge >= 0.3 is 18.1 Å². The lowest BCUT2D eigenvalue weighted by Crippen LogP contribution is -2.21. The number of carboxylic acids is 2. The molecule has 6 aromatic carbocycles. The third-order valence-corrected chi connectivity index (χ3v) is 8.75. The zero-order chi connectivity index (χ0) is 37.1. The minimum absolute atomic E-state index is 0.00219. The van der Waals surface area contributed by atoms with Gasteiger partial charge in [0.2, 0.25) is 0 Å². The molecular weight excluding hydrogens is 694 g/mol. The Morgan fingerprint density at radius 3 is 1.94 bits per heavy atom. The number of nitrogens with two attached hydrogens (primary N) is 1. The van der Waals surface area contributed by atoms with Crippen LogP contribution in [0.25, 0.3) is 32.7 Å². The lowest BCUT2D eigenvalue weighted by atomic mass is 9.94. The van der Waals surface area contributed by atoms with Crippen LogP contribution in [0.2, 0.25) is 0 Å². The molecule has 0 aliphatic heterocycles. The fourth-order valence-electron chi connectivity index (χ4n) is 4.94. The molecule has 0 saturated heterocycles. The van der Waals surface area contributed by atoms with Gasteiger partial charge in [-0.05, 0) is 94.3 Å². The molecule has 6 rings (SSSR count). The van der Waals surface area contributed by atoms with Crippen LogP contribution in [-0.4, -0.2) is 42.6 Å². The number of ether oxygens (including phenoxy) is 1. The van der Waals surface area contributed by atoms with Crippen LogP contribution in [0.4, 0.5) is 23.2 Å². The van der Waals surface area contributed by atoms with Crippen LogP contribution in [0.1, 0.15) is 15.9 Å². The van der Waals surface area contributed by atoms with Crippen molar-refractivity contribution in [3.05, 3.63) is 132 Å². The highest BCUT2D eigenvalue weighted by molar-refractivity contribution is 7.92. The maximum Gasteiger partial charge on any atom is 0.490 e. The Kier molecular flexibility index (Phi) is 9.95. The molecule has 0 unspecified atom stereocenters. The first-order chi connectivity index (χ1) is 24.0. The summed E-state index contributed by atoms with van der Waals surface area (Å²) < 4.78 is 80.2. The topological polar surface area (TPSA) is 180 Å². The molecule has 0 atom stereocenters. The molecular formula is C36H25F4N3O7S.